The van der Waals surface area contributed by atoms with Crippen LogP contribution in [0.4, 0.5) is 4.39 Å². The van der Waals surface area contributed by atoms with Crippen LogP contribution in [0.5, 0.6) is 5.88 Å². The molecule has 0 amide bonds. The SMILES string of the molecule is CC(C)NCc1ccnc(OC2CCOC2)c1F. The number of rotatable bonds is 5. The van der Waals surface area contributed by atoms with Crippen molar-refractivity contribution in [2.45, 2.75) is 39.0 Å². The van der Waals surface area contributed by atoms with Crippen LogP contribution in [-0.4, -0.2) is 30.3 Å². The fourth-order valence-electron chi connectivity index (χ4n) is 1.76. The van der Waals surface area contributed by atoms with Crippen molar-refractivity contribution in [3.63, 3.8) is 0 Å². The van der Waals surface area contributed by atoms with E-state index in [0.717, 1.165) is 6.42 Å². The Kier molecular flexibility index (Phi) is 4.49. The highest BCUT2D eigenvalue weighted by Crippen LogP contribution is 2.20. The lowest BCUT2D eigenvalue weighted by molar-refractivity contribution is 0.134. The van der Waals surface area contributed by atoms with E-state index in [1.807, 2.05) is 13.8 Å². The van der Waals surface area contributed by atoms with Crippen LogP contribution in [0, 0.1) is 5.82 Å². The summed E-state index contributed by atoms with van der Waals surface area (Å²) < 4.78 is 24.8. The van der Waals surface area contributed by atoms with Crippen molar-refractivity contribution in [2.24, 2.45) is 0 Å². The van der Waals surface area contributed by atoms with Gasteiger partial charge in [0.05, 0.1) is 13.2 Å². The average molecular weight is 254 g/mol. The fraction of sp³-hybridized carbons (Fsp3) is 0.615. The van der Waals surface area contributed by atoms with E-state index >= 15 is 0 Å². The molecule has 1 aromatic heterocycles. The molecule has 0 saturated carbocycles. The summed E-state index contributed by atoms with van der Waals surface area (Å²) in [5.41, 5.74) is 0.576. The number of hydrogen-bond donors (Lipinski definition) is 1. The van der Waals surface area contributed by atoms with Crippen molar-refractivity contribution < 1.29 is 13.9 Å². The Bertz CT molecular complexity index is 393. The van der Waals surface area contributed by atoms with Crippen LogP contribution < -0.4 is 10.1 Å². The first-order chi connectivity index (χ1) is 8.66. The minimum absolute atomic E-state index is 0.0774. The van der Waals surface area contributed by atoms with Gasteiger partial charge in [-0.15, -0.1) is 0 Å². The zero-order valence-electron chi connectivity index (χ0n) is 10.8. The van der Waals surface area contributed by atoms with Crippen LogP contribution in [0.1, 0.15) is 25.8 Å². The van der Waals surface area contributed by atoms with Crippen LogP contribution in [-0.2, 0) is 11.3 Å². The lowest BCUT2D eigenvalue weighted by atomic mass is 10.2. The maximum absolute atomic E-state index is 14.1. The minimum Gasteiger partial charge on any atom is -0.470 e. The Balaban J connectivity index is 2.03. The van der Waals surface area contributed by atoms with Crippen LogP contribution in [0.2, 0.25) is 0 Å². The summed E-state index contributed by atoms with van der Waals surface area (Å²) in [6.07, 6.45) is 2.28. The quantitative estimate of drug-likeness (QED) is 0.871. The molecule has 1 fully saturated rings. The summed E-state index contributed by atoms with van der Waals surface area (Å²) in [5, 5.41) is 3.18. The first-order valence-corrected chi connectivity index (χ1v) is 6.28. The van der Waals surface area contributed by atoms with Crippen LogP contribution in [0.25, 0.3) is 0 Å². The highest BCUT2D eigenvalue weighted by atomic mass is 19.1. The summed E-state index contributed by atoms with van der Waals surface area (Å²) in [5.74, 6) is -0.300. The molecule has 1 atom stereocenters. The molecule has 1 aliphatic rings. The average Bonchev–Trinajstić information content (AvgIpc) is 2.83. The molecule has 1 unspecified atom stereocenters. The van der Waals surface area contributed by atoms with Gasteiger partial charge in [-0.25, -0.2) is 9.37 Å². The van der Waals surface area contributed by atoms with Crippen molar-refractivity contribution in [2.75, 3.05) is 13.2 Å². The molecule has 4 nitrogen and oxygen atoms in total. The molecular formula is C13H19FN2O2. The molecule has 1 aliphatic heterocycles. The molecule has 2 heterocycles. The van der Waals surface area contributed by atoms with Gasteiger partial charge < -0.3 is 14.8 Å². The van der Waals surface area contributed by atoms with E-state index in [0.29, 0.717) is 31.4 Å². The largest absolute Gasteiger partial charge is 0.470 e. The predicted molar refractivity (Wildman–Crippen MR) is 66.0 cm³/mol. The molecule has 100 valence electrons. The standard InChI is InChI=1S/C13H19FN2O2/c1-9(2)16-7-10-3-5-15-13(12(10)14)18-11-4-6-17-8-11/h3,5,9,11,16H,4,6-8H2,1-2H3. The Morgan fingerprint density at radius 3 is 3.11 bits per heavy atom. The molecule has 0 bridgehead atoms. The summed E-state index contributed by atoms with van der Waals surface area (Å²) >= 11 is 0. The zero-order valence-corrected chi connectivity index (χ0v) is 10.8. The van der Waals surface area contributed by atoms with Gasteiger partial charge >= 0.3 is 0 Å². The van der Waals surface area contributed by atoms with Crippen molar-refractivity contribution in [1.82, 2.24) is 10.3 Å². The van der Waals surface area contributed by atoms with E-state index in [9.17, 15) is 4.39 Å². The second-order valence-electron chi connectivity index (χ2n) is 4.73. The number of hydrogen-bond acceptors (Lipinski definition) is 4. The summed E-state index contributed by atoms with van der Waals surface area (Å²) in [6, 6.07) is 1.98. The highest BCUT2D eigenvalue weighted by molar-refractivity contribution is 5.23. The molecule has 5 heteroatoms. The lowest BCUT2D eigenvalue weighted by Gasteiger charge is -2.14. The van der Waals surface area contributed by atoms with Gasteiger partial charge in [-0.3, -0.25) is 0 Å². The van der Waals surface area contributed by atoms with Gasteiger partial charge in [0, 0.05) is 30.8 Å². The fourth-order valence-corrected chi connectivity index (χ4v) is 1.76. The number of halogens is 1. The number of pyridine rings is 1. The Hall–Kier alpha value is -1.20. The van der Waals surface area contributed by atoms with Crippen LogP contribution in [0.3, 0.4) is 0 Å². The van der Waals surface area contributed by atoms with Gasteiger partial charge in [0.15, 0.2) is 5.82 Å². The number of ether oxygens (including phenoxy) is 2. The maximum atomic E-state index is 14.1. The Morgan fingerprint density at radius 2 is 2.44 bits per heavy atom. The smallest absolute Gasteiger partial charge is 0.251 e. The van der Waals surface area contributed by atoms with Crippen molar-refractivity contribution in [1.29, 1.82) is 0 Å². The molecule has 1 N–H and O–H groups in total. The molecule has 0 spiro atoms. The molecule has 0 aliphatic carbocycles. The van der Waals surface area contributed by atoms with Gasteiger partial charge in [-0.1, -0.05) is 13.8 Å². The van der Waals surface area contributed by atoms with Gasteiger partial charge in [0.1, 0.15) is 6.10 Å². The van der Waals surface area contributed by atoms with E-state index in [2.05, 4.69) is 10.3 Å². The summed E-state index contributed by atoms with van der Waals surface area (Å²) in [4.78, 5) is 3.95. The van der Waals surface area contributed by atoms with Gasteiger partial charge in [0.2, 0.25) is 0 Å². The third kappa shape index (κ3) is 3.40. The topological polar surface area (TPSA) is 43.4 Å². The molecular weight excluding hydrogens is 235 g/mol. The second kappa shape index (κ2) is 6.11. The minimum atomic E-state index is -0.377. The van der Waals surface area contributed by atoms with Crippen molar-refractivity contribution >= 4 is 0 Å². The van der Waals surface area contributed by atoms with Crippen LogP contribution >= 0.6 is 0 Å². The van der Waals surface area contributed by atoms with Crippen molar-refractivity contribution in [3.8, 4) is 5.88 Å². The van der Waals surface area contributed by atoms with Gasteiger partial charge in [-0.2, -0.15) is 0 Å². The third-order valence-corrected chi connectivity index (χ3v) is 2.80. The third-order valence-electron chi connectivity index (χ3n) is 2.80. The molecule has 18 heavy (non-hydrogen) atoms. The van der Waals surface area contributed by atoms with Gasteiger partial charge in [0.25, 0.3) is 5.88 Å². The van der Waals surface area contributed by atoms with E-state index in [1.165, 1.54) is 0 Å². The number of nitrogens with zero attached hydrogens (tertiary/aromatic N) is 1. The highest BCUT2D eigenvalue weighted by Gasteiger charge is 2.20. The first kappa shape index (κ1) is 13.2. The van der Waals surface area contributed by atoms with Crippen LogP contribution in [0.15, 0.2) is 12.3 Å². The normalized spacial score (nSPS) is 19.4. The second-order valence-corrected chi connectivity index (χ2v) is 4.73. The van der Waals surface area contributed by atoms with Gasteiger partial charge in [-0.05, 0) is 6.07 Å². The lowest BCUT2D eigenvalue weighted by Crippen LogP contribution is -2.23. The Morgan fingerprint density at radius 1 is 1.61 bits per heavy atom. The van der Waals surface area contributed by atoms with E-state index < -0.39 is 0 Å². The predicted octanol–water partition coefficient (Wildman–Crippen LogP) is 1.89. The maximum Gasteiger partial charge on any atom is 0.251 e. The number of aromatic nitrogens is 1. The van der Waals surface area contributed by atoms with E-state index in [-0.39, 0.29) is 17.8 Å². The summed E-state index contributed by atoms with van der Waals surface area (Å²) in [7, 11) is 0. The monoisotopic (exact) mass is 254 g/mol. The van der Waals surface area contributed by atoms with E-state index in [1.54, 1.807) is 12.3 Å². The molecule has 2 rings (SSSR count). The Labute approximate surface area is 107 Å². The molecule has 0 aromatic carbocycles. The number of nitrogens with one attached hydrogen (secondary N) is 1. The summed E-state index contributed by atoms with van der Waals surface area (Å²) in [6.45, 7) is 5.69. The zero-order chi connectivity index (χ0) is 13.0. The first-order valence-electron chi connectivity index (χ1n) is 6.28. The molecule has 1 aromatic rings. The molecule has 0 radical (unpaired) electrons. The van der Waals surface area contributed by atoms with E-state index in [4.69, 9.17) is 9.47 Å². The van der Waals surface area contributed by atoms with Crippen molar-refractivity contribution in [3.05, 3.63) is 23.6 Å². The molecule has 1 saturated heterocycles.